The van der Waals surface area contributed by atoms with E-state index in [1.54, 1.807) is 0 Å². The molecule has 0 bridgehead atoms. The maximum atomic E-state index is 12.5. The quantitative estimate of drug-likeness (QED) is 0.519. The number of hydrogen-bond donors (Lipinski definition) is 0. The van der Waals surface area contributed by atoms with Crippen molar-refractivity contribution in [2.75, 3.05) is 26.7 Å². The SMILES string of the molecule is CCOC(=O)CC(Cn1c2c(c3cc(Cl)ccc31)CCN(C)CC2)c1ccncc1C. The number of aromatic nitrogens is 2. The van der Waals surface area contributed by atoms with E-state index in [1.165, 1.54) is 22.2 Å². The monoisotopic (exact) mass is 439 g/mol. The van der Waals surface area contributed by atoms with Gasteiger partial charge in [0.2, 0.25) is 0 Å². The molecule has 0 amide bonds. The molecule has 1 aliphatic heterocycles. The fourth-order valence-corrected chi connectivity index (χ4v) is 4.96. The van der Waals surface area contributed by atoms with Gasteiger partial charge in [-0.25, -0.2) is 0 Å². The highest BCUT2D eigenvalue weighted by atomic mass is 35.5. The second kappa shape index (κ2) is 9.41. The van der Waals surface area contributed by atoms with Crippen molar-refractivity contribution in [1.29, 1.82) is 0 Å². The lowest BCUT2D eigenvalue weighted by atomic mass is 9.93. The van der Waals surface area contributed by atoms with Crippen molar-refractivity contribution in [1.82, 2.24) is 14.5 Å². The zero-order valence-corrected chi connectivity index (χ0v) is 19.3. The predicted octanol–water partition coefficient (Wildman–Crippen LogP) is 4.77. The number of carbonyl (C=O) groups is 1. The lowest BCUT2D eigenvalue weighted by molar-refractivity contribution is -0.143. The first-order valence-electron chi connectivity index (χ1n) is 11.0. The van der Waals surface area contributed by atoms with Crippen molar-refractivity contribution in [2.24, 2.45) is 0 Å². The molecule has 1 aromatic carbocycles. The number of ether oxygens (including phenoxy) is 1. The van der Waals surface area contributed by atoms with Crippen LogP contribution in [0.4, 0.5) is 0 Å². The van der Waals surface area contributed by atoms with Gasteiger partial charge in [0, 0.05) is 66.0 Å². The first-order chi connectivity index (χ1) is 15.0. The molecule has 3 aromatic rings. The van der Waals surface area contributed by atoms with E-state index in [2.05, 4.69) is 40.6 Å². The number of fused-ring (bicyclic) bond motifs is 3. The molecule has 31 heavy (non-hydrogen) atoms. The summed E-state index contributed by atoms with van der Waals surface area (Å²) < 4.78 is 7.74. The molecule has 0 saturated carbocycles. The van der Waals surface area contributed by atoms with Crippen LogP contribution in [0.25, 0.3) is 10.9 Å². The number of hydrogen-bond acceptors (Lipinski definition) is 4. The van der Waals surface area contributed by atoms with Gasteiger partial charge in [-0.2, -0.15) is 0 Å². The Morgan fingerprint density at radius 1 is 1.26 bits per heavy atom. The molecule has 1 atom stereocenters. The van der Waals surface area contributed by atoms with Gasteiger partial charge in [0.05, 0.1) is 13.0 Å². The topological polar surface area (TPSA) is 47.4 Å². The van der Waals surface area contributed by atoms with Crippen LogP contribution in [0.1, 0.15) is 41.6 Å². The predicted molar refractivity (Wildman–Crippen MR) is 125 cm³/mol. The smallest absolute Gasteiger partial charge is 0.306 e. The molecule has 0 radical (unpaired) electrons. The highest BCUT2D eigenvalue weighted by Crippen LogP contribution is 2.34. The Labute approximate surface area is 189 Å². The van der Waals surface area contributed by atoms with Crippen molar-refractivity contribution in [3.8, 4) is 0 Å². The average molecular weight is 440 g/mol. The first-order valence-corrected chi connectivity index (χ1v) is 11.4. The standard InChI is InChI=1S/C25H30ClN3O2/c1-4-31-25(30)13-18(20-7-10-27-15-17(20)2)16-29-23-6-5-19(26)14-22(23)21-8-11-28(3)12-9-24(21)29/h5-7,10,14-15,18H,4,8-9,11-13,16H2,1-3H3. The molecule has 1 unspecified atom stereocenters. The molecule has 3 heterocycles. The molecule has 0 saturated heterocycles. The van der Waals surface area contributed by atoms with Crippen LogP contribution in [0, 0.1) is 6.92 Å². The van der Waals surface area contributed by atoms with Gasteiger partial charge in [0.15, 0.2) is 0 Å². The molecule has 0 spiro atoms. The highest BCUT2D eigenvalue weighted by Gasteiger charge is 2.25. The number of likely N-dealkylation sites (N-methyl/N-ethyl adjacent to an activating group) is 1. The van der Waals surface area contributed by atoms with Gasteiger partial charge in [-0.15, -0.1) is 0 Å². The number of benzene rings is 1. The van der Waals surface area contributed by atoms with Crippen LogP contribution in [-0.4, -0.2) is 47.2 Å². The first kappa shape index (κ1) is 21.8. The van der Waals surface area contributed by atoms with E-state index in [1.807, 2.05) is 31.5 Å². The molecular weight excluding hydrogens is 410 g/mol. The number of esters is 1. The number of rotatable bonds is 6. The highest BCUT2D eigenvalue weighted by molar-refractivity contribution is 6.31. The summed E-state index contributed by atoms with van der Waals surface area (Å²) in [5, 5.41) is 2.00. The minimum absolute atomic E-state index is 0.0124. The van der Waals surface area contributed by atoms with Crippen molar-refractivity contribution in [2.45, 2.75) is 45.6 Å². The van der Waals surface area contributed by atoms with Crippen LogP contribution in [0.3, 0.4) is 0 Å². The van der Waals surface area contributed by atoms with E-state index in [0.29, 0.717) is 13.0 Å². The van der Waals surface area contributed by atoms with Gasteiger partial charge in [-0.05, 0) is 68.3 Å². The van der Waals surface area contributed by atoms with Crippen LogP contribution in [0.15, 0.2) is 36.7 Å². The zero-order valence-electron chi connectivity index (χ0n) is 18.5. The molecular formula is C25H30ClN3O2. The number of pyridine rings is 1. The number of carbonyl (C=O) groups excluding carboxylic acids is 1. The molecule has 1 aliphatic rings. The number of aryl methyl sites for hydroxylation is 1. The zero-order chi connectivity index (χ0) is 22.0. The van der Waals surface area contributed by atoms with Crippen molar-refractivity contribution in [3.05, 3.63) is 64.1 Å². The third kappa shape index (κ3) is 4.63. The van der Waals surface area contributed by atoms with Crippen molar-refractivity contribution in [3.63, 3.8) is 0 Å². The van der Waals surface area contributed by atoms with Crippen LogP contribution >= 0.6 is 11.6 Å². The largest absolute Gasteiger partial charge is 0.466 e. The lowest BCUT2D eigenvalue weighted by Gasteiger charge is -2.22. The molecule has 2 aromatic heterocycles. The summed E-state index contributed by atoms with van der Waals surface area (Å²) in [6.45, 7) is 7.09. The summed E-state index contributed by atoms with van der Waals surface area (Å²) in [7, 11) is 2.18. The van der Waals surface area contributed by atoms with Gasteiger partial charge < -0.3 is 14.2 Å². The van der Waals surface area contributed by atoms with Gasteiger partial charge in [0.1, 0.15) is 0 Å². The fraction of sp³-hybridized carbons (Fsp3) is 0.440. The average Bonchev–Trinajstić information content (AvgIpc) is 2.87. The Bertz CT molecular complexity index is 1090. The van der Waals surface area contributed by atoms with Gasteiger partial charge in [-0.1, -0.05) is 11.6 Å². The van der Waals surface area contributed by atoms with Crippen LogP contribution in [-0.2, 0) is 28.9 Å². The summed E-state index contributed by atoms with van der Waals surface area (Å²) in [5.41, 5.74) is 6.20. The Morgan fingerprint density at radius 2 is 2.06 bits per heavy atom. The van der Waals surface area contributed by atoms with E-state index >= 15 is 0 Å². The van der Waals surface area contributed by atoms with Gasteiger partial charge in [0.25, 0.3) is 0 Å². The van der Waals surface area contributed by atoms with Crippen molar-refractivity contribution >= 4 is 28.5 Å². The molecule has 164 valence electrons. The van der Waals surface area contributed by atoms with E-state index in [4.69, 9.17) is 16.3 Å². The summed E-state index contributed by atoms with van der Waals surface area (Å²) in [6.07, 6.45) is 6.02. The minimum atomic E-state index is -0.158. The Kier molecular flexibility index (Phi) is 6.63. The Hall–Kier alpha value is -2.37. The normalized spacial score (nSPS) is 15.5. The maximum absolute atomic E-state index is 12.5. The second-order valence-corrected chi connectivity index (χ2v) is 8.88. The van der Waals surface area contributed by atoms with Gasteiger partial charge in [-0.3, -0.25) is 9.78 Å². The summed E-state index contributed by atoms with van der Waals surface area (Å²) in [4.78, 5) is 19.1. The van der Waals surface area contributed by atoms with E-state index in [-0.39, 0.29) is 11.9 Å². The molecule has 0 aliphatic carbocycles. The van der Waals surface area contributed by atoms with Crippen LogP contribution < -0.4 is 0 Å². The maximum Gasteiger partial charge on any atom is 0.306 e. The second-order valence-electron chi connectivity index (χ2n) is 8.44. The lowest BCUT2D eigenvalue weighted by Crippen LogP contribution is -2.22. The van der Waals surface area contributed by atoms with Crippen molar-refractivity contribution < 1.29 is 9.53 Å². The van der Waals surface area contributed by atoms with E-state index < -0.39 is 0 Å². The number of nitrogens with zero attached hydrogens (tertiary/aromatic N) is 3. The van der Waals surface area contributed by atoms with Gasteiger partial charge >= 0.3 is 5.97 Å². The minimum Gasteiger partial charge on any atom is -0.466 e. The molecule has 0 N–H and O–H groups in total. The van der Waals surface area contributed by atoms with E-state index in [0.717, 1.165) is 48.6 Å². The summed E-state index contributed by atoms with van der Waals surface area (Å²) in [5.74, 6) is -0.146. The molecule has 0 fully saturated rings. The molecule has 6 heteroatoms. The summed E-state index contributed by atoms with van der Waals surface area (Å²) >= 11 is 6.38. The fourth-order valence-electron chi connectivity index (χ4n) is 4.79. The Balaban J connectivity index is 1.80. The van der Waals surface area contributed by atoms with Crippen LogP contribution in [0.5, 0.6) is 0 Å². The van der Waals surface area contributed by atoms with Crippen LogP contribution in [0.2, 0.25) is 5.02 Å². The third-order valence-corrected chi connectivity index (χ3v) is 6.58. The summed E-state index contributed by atoms with van der Waals surface area (Å²) in [6, 6.07) is 8.21. The molecule has 5 nitrogen and oxygen atoms in total. The Morgan fingerprint density at radius 3 is 2.84 bits per heavy atom. The van der Waals surface area contributed by atoms with E-state index in [9.17, 15) is 4.79 Å². The third-order valence-electron chi connectivity index (χ3n) is 6.35. The molecule has 4 rings (SSSR count). The number of halogens is 1.